The van der Waals surface area contributed by atoms with Crippen LogP contribution in [0.5, 0.6) is 5.75 Å². The molecular formula is C30H35F3N6O5. The standard InChI is InChI=1S/C30H35F3N6O5/c1-17-14-39(19(3)16-40)28(42)22-7-6-8-23(35-27(41)24-13-18(2)36-38(24)5)26(22)44-25(17)15-37(4)29(43)34-21-11-9-20(10-12-21)30(31,32)33/h6-13,17,19,25,40H,14-16H2,1-5H3,(H,34,43)(H,35,41)/t17-,19+,25-/m1/s1. The second-order valence-electron chi connectivity index (χ2n) is 10.9. The van der Waals surface area contributed by atoms with Crippen LogP contribution in [-0.4, -0.2) is 81.4 Å². The molecule has 0 aliphatic carbocycles. The quantitative estimate of drug-likeness (QED) is 0.362. The number of aromatic nitrogens is 2. The normalized spacial score (nSPS) is 17.6. The van der Waals surface area contributed by atoms with E-state index in [9.17, 15) is 32.7 Å². The zero-order valence-electron chi connectivity index (χ0n) is 25.0. The molecule has 2 aromatic carbocycles. The van der Waals surface area contributed by atoms with Crippen molar-refractivity contribution in [2.24, 2.45) is 13.0 Å². The number of nitrogens with zero attached hydrogens (tertiary/aromatic N) is 4. The summed E-state index contributed by atoms with van der Waals surface area (Å²) in [7, 11) is 3.14. The van der Waals surface area contributed by atoms with Gasteiger partial charge in [0.1, 0.15) is 11.8 Å². The van der Waals surface area contributed by atoms with Crippen molar-refractivity contribution in [3.8, 4) is 5.75 Å². The van der Waals surface area contributed by atoms with E-state index in [1.165, 1.54) is 21.5 Å². The van der Waals surface area contributed by atoms with Gasteiger partial charge in [-0.2, -0.15) is 18.3 Å². The summed E-state index contributed by atoms with van der Waals surface area (Å²) in [6.45, 7) is 5.23. The fourth-order valence-electron chi connectivity index (χ4n) is 4.88. The summed E-state index contributed by atoms with van der Waals surface area (Å²) in [5.74, 6) is -1.12. The van der Waals surface area contributed by atoms with E-state index in [0.717, 1.165) is 24.3 Å². The van der Waals surface area contributed by atoms with Crippen molar-refractivity contribution in [3.05, 3.63) is 71.0 Å². The Hall–Kier alpha value is -4.59. The molecule has 0 unspecified atom stereocenters. The Kier molecular flexibility index (Phi) is 9.52. The molecule has 0 radical (unpaired) electrons. The van der Waals surface area contributed by atoms with Gasteiger partial charge in [-0.3, -0.25) is 14.3 Å². The number of amides is 4. The molecule has 1 aromatic heterocycles. The first kappa shape index (κ1) is 32.3. The van der Waals surface area contributed by atoms with Crippen LogP contribution in [0.15, 0.2) is 48.5 Å². The minimum atomic E-state index is -4.50. The van der Waals surface area contributed by atoms with Gasteiger partial charge in [0.15, 0.2) is 5.75 Å². The van der Waals surface area contributed by atoms with Gasteiger partial charge in [-0.15, -0.1) is 0 Å². The molecule has 0 saturated carbocycles. The number of halogens is 3. The summed E-state index contributed by atoms with van der Waals surface area (Å²) in [6.07, 6.45) is -5.20. The zero-order valence-corrected chi connectivity index (χ0v) is 25.0. The number of benzene rings is 2. The summed E-state index contributed by atoms with van der Waals surface area (Å²) in [5, 5.41) is 19.5. The van der Waals surface area contributed by atoms with Crippen molar-refractivity contribution in [2.45, 2.75) is 39.1 Å². The van der Waals surface area contributed by atoms with Crippen molar-refractivity contribution in [1.29, 1.82) is 0 Å². The Balaban J connectivity index is 1.62. The highest BCUT2D eigenvalue weighted by Crippen LogP contribution is 2.35. The number of aliphatic hydroxyl groups excluding tert-OH is 1. The van der Waals surface area contributed by atoms with Gasteiger partial charge in [0.25, 0.3) is 11.8 Å². The topological polar surface area (TPSA) is 129 Å². The summed E-state index contributed by atoms with van der Waals surface area (Å²) in [6, 6.07) is 9.34. The molecule has 236 valence electrons. The Labute approximate surface area is 252 Å². The van der Waals surface area contributed by atoms with Gasteiger partial charge in [0, 0.05) is 32.2 Å². The largest absolute Gasteiger partial charge is 0.485 e. The average Bonchev–Trinajstić information content (AvgIpc) is 3.32. The molecule has 3 N–H and O–H groups in total. The highest BCUT2D eigenvalue weighted by molar-refractivity contribution is 6.06. The van der Waals surface area contributed by atoms with Crippen LogP contribution in [0.1, 0.15) is 46.0 Å². The highest BCUT2D eigenvalue weighted by atomic mass is 19.4. The van der Waals surface area contributed by atoms with E-state index in [1.807, 2.05) is 6.92 Å². The number of para-hydroxylation sites is 1. The summed E-state index contributed by atoms with van der Waals surface area (Å²) < 4.78 is 46.6. The van der Waals surface area contributed by atoms with E-state index in [1.54, 1.807) is 45.2 Å². The van der Waals surface area contributed by atoms with Gasteiger partial charge < -0.3 is 30.3 Å². The van der Waals surface area contributed by atoms with Crippen LogP contribution in [0.25, 0.3) is 0 Å². The molecule has 3 aromatic rings. The Morgan fingerprint density at radius 3 is 2.45 bits per heavy atom. The molecule has 1 aliphatic heterocycles. The predicted octanol–water partition coefficient (Wildman–Crippen LogP) is 4.38. The van der Waals surface area contributed by atoms with Gasteiger partial charge in [-0.25, -0.2) is 4.79 Å². The molecule has 3 atom stereocenters. The molecule has 44 heavy (non-hydrogen) atoms. The molecule has 2 heterocycles. The number of carbonyl (C=O) groups is 3. The van der Waals surface area contributed by atoms with Crippen LogP contribution >= 0.6 is 0 Å². The van der Waals surface area contributed by atoms with Crippen molar-refractivity contribution < 1.29 is 37.4 Å². The van der Waals surface area contributed by atoms with Crippen LogP contribution in [0, 0.1) is 12.8 Å². The number of hydrogen-bond donors (Lipinski definition) is 3. The third kappa shape index (κ3) is 7.13. The van der Waals surface area contributed by atoms with E-state index < -0.39 is 41.7 Å². The molecule has 0 spiro atoms. The number of ether oxygens (including phenoxy) is 1. The molecule has 4 amide bonds. The van der Waals surface area contributed by atoms with Crippen molar-refractivity contribution in [3.63, 3.8) is 0 Å². The van der Waals surface area contributed by atoms with E-state index in [-0.39, 0.29) is 54.0 Å². The fraction of sp³-hybridized carbons (Fsp3) is 0.400. The van der Waals surface area contributed by atoms with E-state index in [2.05, 4.69) is 15.7 Å². The molecule has 0 saturated heterocycles. The van der Waals surface area contributed by atoms with Crippen molar-refractivity contribution >= 4 is 29.2 Å². The lowest BCUT2D eigenvalue weighted by atomic mass is 9.99. The summed E-state index contributed by atoms with van der Waals surface area (Å²) in [5.41, 5.74) is 0.669. The van der Waals surface area contributed by atoms with E-state index in [0.29, 0.717) is 5.69 Å². The van der Waals surface area contributed by atoms with Crippen molar-refractivity contribution in [2.75, 3.05) is 37.4 Å². The number of nitrogens with one attached hydrogen (secondary N) is 2. The monoisotopic (exact) mass is 616 g/mol. The van der Waals surface area contributed by atoms with Gasteiger partial charge >= 0.3 is 12.2 Å². The third-order valence-corrected chi connectivity index (χ3v) is 7.44. The smallest absolute Gasteiger partial charge is 0.416 e. The SMILES string of the molecule is Cc1cc(C(=O)Nc2cccc3c2O[C@H](CN(C)C(=O)Nc2ccc(C(F)(F)F)cc2)[C@H](C)CN([C@@H](C)CO)C3=O)n(C)n1. The molecular weight excluding hydrogens is 581 g/mol. The Bertz CT molecular complexity index is 1520. The number of rotatable bonds is 7. The number of carbonyl (C=O) groups excluding carboxylic acids is 3. The predicted molar refractivity (Wildman–Crippen MR) is 157 cm³/mol. The lowest BCUT2D eigenvalue weighted by Gasteiger charge is -2.38. The summed E-state index contributed by atoms with van der Waals surface area (Å²) >= 11 is 0. The number of aryl methyl sites for hydroxylation is 2. The Morgan fingerprint density at radius 2 is 1.86 bits per heavy atom. The number of anilines is 2. The minimum absolute atomic E-state index is 0.0197. The molecule has 4 rings (SSSR count). The lowest BCUT2D eigenvalue weighted by molar-refractivity contribution is -0.137. The highest BCUT2D eigenvalue weighted by Gasteiger charge is 2.35. The number of aliphatic hydroxyl groups is 1. The number of fused-ring (bicyclic) bond motifs is 1. The number of alkyl halides is 3. The van der Waals surface area contributed by atoms with E-state index in [4.69, 9.17) is 4.74 Å². The maximum absolute atomic E-state index is 13.7. The number of hydrogen-bond acceptors (Lipinski definition) is 6. The fourth-order valence-corrected chi connectivity index (χ4v) is 4.88. The second-order valence-corrected chi connectivity index (χ2v) is 10.9. The van der Waals surface area contributed by atoms with Crippen LogP contribution < -0.4 is 15.4 Å². The first-order valence-electron chi connectivity index (χ1n) is 13.9. The summed E-state index contributed by atoms with van der Waals surface area (Å²) in [4.78, 5) is 42.7. The van der Waals surface area contributed by atoms with Crippen molar-refractivity contribution in [1.82, 2.24) is 19.6 Å². The minimum Gasteiger partial charge on any atom is -0.485 e. The Morgan fingerprint density at radius 1 is 1.18 bits per heavy atom. The first-order valence-corrected chi connectivity index (χ1v) is 13.9. The van der Waals surface area contributed by atoms with Crippen LogP contribution in [0.2, 0.25) is 0 Å². The maximum Gasteiger partial charge on any atom is 0.416 e. The first-order chi connectivity index (χ1) is 20.7. The molecule has 11 nitrogen and oxygen atoms in total. The van der Waals surface area contributed by atoms with Crippen LogP contribution in [0.4, 0.5) is 29.3 Å². The number of likely N-dealkylation sites (N-methyl/N-ethyl adjacent to an activating group) is 1. The van der Waals surface area contributed by atoms with E-state index >= 15 is 0 Å². The van der Waals surface area contributed by atoms with Gasteiger partial charge in [0.05, 0.1) is 41.7 Å². The molecule has 14 heteroatoms. The van der Waals surface area contributed by atoms with Crippen LogP contribution in [0.3, 0.4) is 0 Å². The molecule has 0 bridgehead atoms. The zero-order chi connectivity index (χ0) is 32.3. The third-order valence-electron chi connectivity index (χ3n) is 7.44. The van der Waals surface area contributed by atoms with Gasteiger partial charge in [0.2, 0.25) is 0 Å². The molecule has 1 aliphatic rings. The van der Waals surface area contributed by atoms with Gasteiger partial charge in [-0.1, -0.05) is 13.0 Å². The second kappa shape index (κ2) is 13.0. The van der Waals surface area contributed by atoms with Crippen LogP contribution in [-0.2, 0) is 13.2 Å². The van der Waals surface area contributed by atoms with Gasteiger partial charge in [-0.05, 0) is 56.3 Å². The molecule has 0 fully saturated rings. The average molecular weight is 617 g/mol. The number of urea groups is 1. The lowest BCUT2D eigenvalue weighted by Crippen LogP contribution is -2.50. The maximum atomic E-state index is 13.7.